The van der Waals surface area contributed by atoms with E-state index in [2.05, 4.69) is 0 Å². The van der Waals surface area contributed by atoms with Crippen LogP contribution in [0.3, 0.4) is 0 Å². The lowest BCUT2D eigenvalue weighted by Gasteiger charge is -2.38. The van der Waals surface area contributed by atoms with E-state index in [4.69, 9.17) is 0 Å². The Bertz CT molecular complexity index is 470. The lowest BCUT2D eigenvalue weighted by molar-refractivity contribution is -0.147. The van der Waals surface area contributed by atoms with Crippen LogP contribution >= 0.6 is 0 Å². The highest BCUT2D eigenvalue weighted by atomic mass is 19.3. The number of rotatable bonds is 3. The summed E-state index contributed by atoms with van der Waals surface area (Å²) in [5, 5.41) is 9.23. The quantitative estimate of drug-likeness (QED) is 0.899. The van der Waals surface area contributed by atoms with E-state index in [1.54, 1.807) is 0 Å². The Kier molecular flexibility index (Phi) is 3.09. The number of benzene rings is 1. The van der Waals surface area contributed by atoms with Crippen molar-refractivity contribution in [3.05, 3.63) is 34.6 Å². The van der Waals surface area contributed by atoms with Crippen LogP contribution in [0.1, 0.15) is 42.4 Å². The fourth-order valence-corrected chi connectivity index (χ4v) is 2.46. The molecule has 0 heterocycles. The van der Waals surface area contributed by atoms with Crippen molar-refractivity contribution in [2.24, 2.45) is 0 Å². The topological polar surface area (TPSA) is 37.3 Å². The number of hydrogen-bond acceptors (Lipinski definition) is 1. The van der Waals surface area contributed by atoms with Crippen molar-refractivity contribution in [1.82, 2.24) is 0 Å². The Morgan fingerprint density at radius 1 is 1.39 bits per heavy atom. The third-order valence-corrected chi connectivity index (χ3v) is 3.72. The van der Waals surface area contributed by atoms with Gasteiger partial charge in [0, 0.05) is 0 Å². The molecule has 0 aliphatic heterocycles. The monoisotopic (exact) mass is 258 g/mol. The minimum Gasteiger partial charge on any atom is -0.481 e. The third kappa shape index (κ3) is 1.78. The van der Waals surface area contributed by atoms with Gasteiger partial charge in [-0.1, -0.05) is 12.5 Å². The predicted molar refractivity (Wildman–Crippen MR) is 59.3 cm³/mol. The van der Waals surface area contributed by atoms with Gasteiger partial charge in [-0.15, -0.1) is 0 Å². The van der Waals surface area contributed by atoms with Crippen molar-refractivity contribution in [3.63, 3.8) is 0 Å². The highest BCUT2D eigenvalue weighted by Gasteiger charge is 2.46. The first kappa shape index (κ1) is 12.9. The third-order valence-electron chi connectivity index (χ3n) is 3.72. The first-order valence-electron chi connectivity index (χ1n) is 5.70. The number of carboxylic acids is 1. The molecule has 2 nitrogen and oxygen atoms in total. The number of aryl methyl sites for hydroxylation is 1. The largest absolute Gasteiger partial charge is 0.481 e. The van der Waals surface area contributed by atoms with E-state index in [-0.39, 0.29) is 5.56 Å². The lowest BCUT2D eigenvalue weighted by atomic mass is 9.64. The van der Waals surface area contributed by atoms with Crippen molar-refractivity contribution in [2.75, 3.05) is 0 Å². The van der Waals surface area contributed by atoms with E-state index in [0.717, 1.165) is 12.5 Å². The Morgan fingerprint density at radius 3 is 2.33 bits per heavy atom. The van der Waals surface area contributed by atoms with Crippen LogP contribution in [0.25, 0.3) is 0 Å². The van der Waals surface area contributed by atoms with Gasteiger partial charge in [0.15, 0.2) is 0 Å². The zero-order valence-corrected chi connectivity index (χ0v) is 9.84. The maximum atomic E-state index is 13.6. The van der Waals surface area contributed by atoms with E-state index >= 15 is 0 Å². The molecule has 1 aromatic carbocycles. The van der Waals surface area contributed by atoms with Gasteiger partial charge < -0.3 is 5.11 Å². The van der Waals surface area contributed by atoms with E-state index in [1.165, 1.54) is 13.0 Å². The maximum absolute atomic E-state index is 13.6. The molecule has 98 valence electrons. The zero-order chi connectivity index (χ0) is 13.5. The molecule has 1 aliphatic carbocycles. The Morgan fingerprint density at radius 2 is 2.00 bits per heavy atom. The fraction of sp³-hybridized carbons (Fsp3) is 0.462. The first-order valence-corrected chi connectivity index (χ1v) is 5.70. The Labute approximate surface area is 102 Å². The van der Waals surface area contributed by atoms with Crippen LogP contribution in [-0.2, 0) is 10.2 Å². The van der Waals surface area contributed by atoms with Gasteiger partial charge in [0.1, 0.15) is 5.82 Å². The smallest absolute Gasteiger partial charge is 0.314 e. The summed E-state index contributed by atoms with van der Waals surface area (Å²) in [5.41, 5.74) is -1.33. The Hall–Kier alpha value is -1.52. The highest BCUT2D eigenvalue weighted by Crippen LogP contribution is 2.45. The van der Waals surface area contributed by atoms with Gasteiger partial charge in [0.05, 0.1) is 11.0 Å². The normalized spacial score (nSPS) is 17.6. The van der Waals surface area contributed by atoms with Gasteiger partial charge in [-0.25, -0.2) is 13.2 Å². The molecule has 0 amide bonds. The number of halogens is 3. The molecule has 0 unspecified atom stereocenters. The maximum Gasteiger partial charge on any atom is 0.314 e. The number of carbonyl (C=O) groups is 1. The van der Waals surface area contributed by atoms with Crippen LogP contribution in [0.2, 0.25) is 0 Å². The van der Waals surface area contributed by atoms with E-state index in [0.29, 0.717) is 18.4 Å². The minimum atomic E-state index is -2.89. The molecule has 5 heteroatoms. The van der Waals surface area contributed by atoms with Gasteiger partial charge in [-0.2, -0.15) is 0 Å². The summed E-state index contributed by atoms with van der Waals surface area (Å²) in [6, 6.07) is 2.32. The van der Waals surface area contributed by atoms with Gasteiger partial charge in [-0.3, -0.25) is 4.79 Å². The molecule has 18 heavy (non-hydrogen) atoms. The van der Waals surface area contributed by atoms with Crippen molar-refractivity contribution >= 4 is 5.97 Å². The average Bonchev–Trinajstić information content (AvgIpc) is 2.12. The standard InChI is InChI=1S/C13H13F3O2/c1-7-5-8(6-9(14)10(7)11(15)16)13(12(17)18)3-2-4-13/h5-6,11H,2-4H2,1H3,(H,17,18). The summed E-state index contributed by atoms with van der Waals surface area (Å²) < 4.78 is 38.9. The summed E-state index contributed by atoms with van der Waals surface area (Å²) >= 11 is 0. The molecule has 1 fully saturated rings. The van der Waals surface area contributed by atoms with Crippen molar-refractivity contribution in [2.45, 2.75) is 38.0 Å². The molecule has 0 saturated heterocycles. The summed E-state index contributed by atoms with van der Waals surface area (Å²) in [5.74, 6) is -2.04. The minimum absolute atomic E-state index is 0.104. The van der Waals surface area contributed by atoms with Gasteiger partial charge in [0.25, 0.3) is 6.43 Å². The van der Waals surface area contributed by atoms with Gasteiger partial charge >= 0.3 is 5.97 Å². The molecule has 2 rings (SSSR count). The molecule has 1 aliphatic rings. The summed E-state index contributed by atoms with van der Waals surface area (Å²) in [4.78, 5) is 11.3. The molecule has 0 bridgehead atoms. The SMILES string of the molecule is Cc1cc(C2(C(=O)O)CCC2)cc(F)c1C(F)F. The second kappa shape index (κ2) is 4.30. The molecule has 1 saturated carbocycles. The average molecular weight is 258 g/mol. The second-order valence-electron chi connectivity index (χ2n) is 4.73. The molecule has 1 aromatic rings. The van der Waals surface area contributed by atoms with E-state index < -0.39 is 29.2 Å². The zero-order valence-electron chi connectivity index (χ0n) is 9.84. The van der Waals surface area contributed by atoms with Gasteiger partial charge in [0.2, 0.25) is 0 Å². The van der Waals surface area contributed by atoms with Crippen LogP contribution in [-0.4, -0.2) is 11.1 Å². The summed E-state index contributed by atoms with van der Waals surface area (Å²) in [6.45, 7) is 1.38. The predicted octanol–water partition coefficient (Wildman–Crippen LogP) is 3.58. The molecule has 0 aromatic heterocycles. The molecule has 0 atom stereocenters. The number of hydrogen-bond donors (Lipinski definition) is 1. The Balaban J connectivity index is 2.51. The second-order valence-corrected chi connectivity index (χ2v) is 4.73. The molecule has 1 N–H and O–H groups in total. The molecule has 0 radical (unpaired) electrons. The van der Waals surface area contributed by atoms with E-state index in [9.17, 15) is 23.1 Å². The van der Waals surface area contributed by atoms with Crippen molar-refractivity contribution < 1.29 is 23.1 Å². The van der Waals surface area contributed by atoms with Crippen LogP contribution < -0.4 is 0 Å². The fourth-order valence-electron chi connectivity index (χ4n) is 2.46. The first-order chi connectivity index (χ1) is 8.38. The summed E-state index contributed by atoms with van der Waals surface area (Å²) in [7, 11) is 0. The van der Waals surface area contributed by atoms with Crippen LogP contribution in [0, 0.1) is 12.7 Å². The van der Waals surface area contributed by atoms with Crippen molar-refractivity contribution in [1.29, 1.82) is 0 Å². The number of aliphatic carboxylic acids is 1. The van der Waals surface area contributed by atoms with Crippen LogP contribution in [0.15, 0.2) is 12.1 Å². The highest BCUT2D eigenvalue weighted by molar-refractivity contribution is 5.82. The van der Waals surface area contributed by atoms with Gasteiger partial charge in [-0.05, 0) is 37.0 Å². The van der Waals surface area contributed by atoms with Crippen LogP contribution in [0.4, 0.5) is 13.2 Å². The van der Waals surface area contributed by atoms with Crippen LogP contribution in [0.5, 0.6) is 0 Å². The molecule has 0 spiro atoms. The number of carboxylic acid groups (broad SMARTS) is 1. The molecular formula is C13H13F3O2. The number of alkyl halides is 2. The van der Waals surface area contributed by atoms with Crippen molar-refractivity contribution in [3.8, 4) is 0 Å². The van der Waals surface area contributed by atoms with E-state index in [1.807, 2.05) is 0 Å². The molecular weight excluding hydrogens is 245 g/mol. The lowest BCUT2D eigenvalue weighted by Crippen LogP contribution is -2.42. The summed E-state index contributed by atoms with van der Waals surface area (Å²) in [6.07, 6.45) is -1.28.